The van der Waals surface area contributed by atoms with Crippen LogP contribution >= 0.6 is 0 Å². The van der Waals surface area contributed by atoms with Crippen LogP contribution in [0.1, 0.15) is 32.6 Å². The van der Waals surface area contributed by atoms with E-state index in [9.17, 15) is 4.79 Å². The molecule has 1 fully saturated rings. The van der Waals surface area contributed by atoms with Gasteiger partial charge in [0, 0.05) is 12.6 Å². The van der Waals surface area contributed by atoms with Crippen LogP contribution in [0.3, 0.4) is 0 Å². The molecule has 0 unspecified atom stereocenters. The van der Waals surface area contributed by atoms with Gasteiger partial charge >= 0.3 is 5.97 Å². The van der Waals surface area contributed by atoms with Crippen LogP contribution < -0.4 is 5.32 Å². The second-order valence-corrected chi connectivity index (χ2v) is 4.16. The van der Waals surface area contributed by atoms with Crippen molar-refractivity contribution < 1.29 is 9.90 Å². The van der Waals surface area contributed by atoms with Crippen molar-refractivity contribution in [3.63, 3.8) is 0 Å². The van der Waals surface area contributed by atoms with Crippen LogP contribution in [0.15, 0.2) is 0 Å². The Kier molecular flexibility index (Phi) is 5.65. The van der Waals surface area contributed by atoms with E-state index in [1.54, 1.807) is 0 Å². The molecule has 0 aromatic carbocycles. The van der Waals surface area contributed by atoms with E-state index in [4.69, 9.17) is 5.11 Å². The van der Waals surface area contributed by atoms with Crippen LogP contribution in [0.2, 0.25) is 0 Å². The van der Waals surface area contributed by atoms with E-state index in [1.807, 2.05) is 0 Å². The first-order chi connectivity index (χ1) is 7.24. The molecule has 0 aliphatic carbocycles. The van der Waals surface area contributed by atoms with E-state index >= 15 is 0 Å². The zero-order chi connectivity index (χ0) is 11.1. The van der Waals surface area contributed by atoms with Gasteiger partial charge in [-0.1, -0.05) is 6.92 Å². The number of aliphatic carboxylic acids is 1. The zero-order valence-electron chi connectivity index (χ0n) is 9.54. The van der Waals surface area contributed by atoms with Gasteiger partial charge in [-0.2, -0.15) is 0 Å². The molecular weight excluding hydrogens is 192 g/mol. The number of hydrogen-bond acceptors (Lipinski definition) is 3. The minimum absolute atomic E-state index is 0.268. The minimum atomic E-state index is -0.690. The molecule has 1 saturated heterocycles. The first-order valence-corrected chi connectivity index (χ1v) is 5.90. The maximum atomic E-state index is 10.6. The Morgan fingerprint density at radius 1 is 1.40 bits per heavy atom. The Morgan fingerprint density at radius 2 is 2.07 bits per heavy atom. The second kappa shape index (κ2) is 6.80. The molecule has 0 spiro atoms. The molecule has 0 radical (unpaired) electrons. The number of nitrogens with one attached hydrogen (secondary N) is 1. The molecule has 0 atom stereocenters. The van der Waals surface area contributed by atoms with Gasteiger partial charge in [-0.3, -0.25) is 9.69 Å². The van der Waals surface area contributed by atoms with Gasteiger partial charge in [-0.25, -0.2) is 0 Å². The predicted molar refractivity (Wildman–Crippen MR) is 60.0 cm³/mol. The molecule has 0 aromatic heterocycles. The molecule has 1 rings (SSSR count). The van der Waals surface area contributed by atoms with Gasteiger partial charge in [0.15, 0.2) is 0 Å². The lowest BCUT2D eigenvalue weighted by Gasteiger charge is -2.34. The molecule has 0 amide bonds. The van der Waals surface area contributed by atoms with Crippen LogP contribution in [0.25, 0.3) is 0 Å². The lowest BCUT2D eigenvalue weighted by molar-refractivity contribution is -0.137. The summed E-state index contributed by atoms with van der Waals surface area (Å²) in [6.45, 7) is 6.01. The lowest BCUT2D eigenvalue weighted by Crippen LogP contribution is -2.44. The summed E-state index contributed by atoms with van der Waals surface area (Å²) in [6.07, 6.45) is 3.67. The summed E-state index contributed by atoms with van der Waals surface area (Å²) in [5.74, 6) is -0.690. The van der Waals surface area contributed by atoms with Crippen molar-refractivity contribution in [3.8, 4) is 0 Å². The quantitative estimate of drug-likeness (QED) is 0.690. The maximum Gasteiger partial charge on any atom is 0.304 e. The Labute approximate surface area is 91.6 Å². The van der Waals surface area contributed by atoms with Crippen molar-refractivity contribution in [2.45, 2.75) is 38.6 Å². The highest BCUT2D eigenvalue weighted by atomic mass is 16.4. The summed E-state index contributed by atoms with van der Waals surface area (Å²) in [6, 6.07) is 0.588. The Bertz CT molecular complexity index is 191. The fraction of sp³-hybridized carbons (Fsp3) is 0.909. The number of carbonyl (C=O) groups is 1. The van der Waals surface area contributed by atoms with E-state index in [0.29, 0.717) is 12.6 Å². The standard InChI is InChI=1S/C11H22N2O2/c1-2-8-13(9-5-11(14)15)10-3-6-12-7-4-10/h10,12H,2-9H2,1H3,(H,14,15). The van der Waals surface area contributed by atoms with Crippen molar-refractivity contribution >= 4 is 5.97 Å². The Morgan fingerprint density at radius 3 is 2.60 bits per heavy atom. The van der Waals surface area contributed by atoms with Crippen molar-refractivity contribution in [1.82, 2.24) is 10.2 Å². The van der Waals surface area contributed by atoms with Gasteiger partial charge in [-0.05, 0) is 38.9 Å². The molecule has 1 heterocycles. The number of nitrogens with zero attached hydrogens (tertiary/aromatic N) is 1. The number of rotatable bonds is 6. The largest absolute Gasteiger partial charge is 0.481 e. The van der Waals surface area contributed by atoms with E-state index in [0.717, 1.165) is 38.9 Å². The normalized spacial score (nSPS) is 18.3. The summed E-state index contributed by atoms with van der Waals surface area (Å²) in [5.41, 5.74) is 0. The third kappa shape index (κ3) is 4.62. The lowest BCUT2D eigenvalue weighted by atomic mass is 10.0. The monoisotopic (exact) mass is 214 g/mol. The topological polar surface area (TPSA) is 52.6 Å². The molecule has 4 heteroatoms. The Balaban J connectivity index is 2.36. The molecular formula is C11H22N2O2. The SMILES string of the molecule is CCCN(CCC(=O)O)C1CCNCC1. The van der Waals surface area contributed by atoms with E-state index < -0.39 is 5.97 Å². The molecule has 2 N–H and O–H groups in total. The molecule has 0 bridgehead atoms. The van der Waals surface area contributed by atoms with Crippen molar-refractivity contribution in [1.29, 1.82) is 0 Å². The highest BCUT2D eigenvalue weighted by Gasteiger charge is 2.20. The van der Waals surface area contributed by atoms with E-state index in [2.05, 4.69) is 17.1 Å². The van der Waals surface area contributed by atoms with Gasteiger partial charge in [0.1, 0.15) is 0 Å². The van der Waals surface area contributed by atoms with Crippen molar-refractivity contribution in [2.75, 3.05) is 26.2 Å². The first kappa shape index (κ1) is 12.5. The van der Waals surface area contributed by atoms with Crippen molar-refractivity contribution in [2.24, 2.45) is 0 Å². The highest BCUT2D eigenvalue weighted by Crippen LogP contribution is 2.12. The molecule has 1 aliphatic rings. The third-order valence-electron chi connectivity index (χ3n) is 2.95. The maximum absolute atomic E-state index is 10.6. The van der Waals surface area contributed by atoms with Gasteiger partial charge < -0.3 is 10.4 Å². The number of carboxylic acids is 1. The van der Waals surface area contributed by atoms with E-state index in [-0.39, 0.29) is 6.42 Å². The number of carboxylic acid groups (broad SMARTS) is 1. The van der Waals surface area contributed by atoms with Crippen molar-refractivity contribution in [3.05, 3.63) is 0 Å². The molecule has 1 aliphatic heterocycles. The Hall–Kier alpha value is -0.610. The summed E-state index contributed by atoms with van der Waals surface area (Å²) >= 11 is 0. The zero-order valence-corrected chi connectivity index (χ0v) is 9.54. The van der Waals surface area contributed by atoms with Gasteiger partial charge in [0.05, 0.1) is 6.42 Å². The average Bonchev–Trinajstić information content (AvgIpc) is 2.25. The van der Waals surface area contributed by atoms with E-state index in [1.165, 1.54) is 0 Å². The first-order valence-electron chi connectivity index (χ1n) is 5.90. The minimum Gasteiger partial charge on any atom is -0.481 e. The molecule has 15 heavy (non-hydrogen) atoms. The van der Waals surface area contributed by atoms with Gasteiger partial charge in [0.25, 0.3) is 0 Å². The highest BCUT2D eigenvalue weighted by molar-refractivity contribution is 5.66. The third-order valence-corrected chi connectivity index (χ3v) is 2.95. The van der Waals surface area contributed by atoms with Gasteiger partial charge in [0.2, 0.25) is 0 Å². The average molecular weight is 214 g/mol. The summed E-state index contributed by atoms with van der Waals surface area (Å²) in [4.78, 5) is 12.9. The summed E-state index contributed by atoms with van der Waals surface area (Å²) < 4.78 is 0. The van der Waals surface area contributed by atoms with Crippen LogP contribution in [-0.4, -0.2) is 48.2 Å². The molecule has 0 saturated carbocycles. The van der Waals surface area contributed by atoms with Crippen LogP contribution in [0.4, 0.5) is 0 Å². The predicted octanol–water partition coefficient (Wildman–Crippen LogP) is 0.925. The van der Waals surface area contributed by atoms with Gasteiger partial charge in [-0.15, -0.1) is 0 Å². The second-order valence-electron chi connectivity index (χ2n) is 4.16. The summed E-state index contributed by atoms with van der Waals surface area (Å²) in [7, 11) is 0. The smallest absolute Gasteiger partial charge is 0.304 e. The molecule has 0 aromatic rings. The summed E-state index contributed by atoms with van der Waals surface area (Å²) in [5, 5.41) is 12.0. The molecule has 88 valence electrons. The fourth-order valence-electron chi connectivity index (χ4n) is 2.18. The number of hydrogen-bond donors (Lipinski definition) is 2. The van der Waals surface area contributed by atoms with Crippen LogP contribution in [-0.2, 0) is 4.79 Å². The fourth-order valence-corrected chi connectivity index (χ4v) is 2.18. The molecule has 4 nitrogen and oxygen atoms in total. The van der Waals surface area contributed by atoms with Crippen LogP contribution in [0.5, 0.6) is 0 Å². The van der Waals surface area contributed by atoms with Crippen LogP contribution in [0, 0.1) is 0 Å². The number of piperidine rings is 1.